The van der Waals surface area contributed by atoms with Crippen LogP contribution in [0, 0.1) is 6.92 Å². The lowest BCUT2D eigenvalue weighted by molar-refractivity contribution is -0.125. The minimum absolute atomic E-state index is 0.224. The van der Waals surface area contributed by atoms with Crippen molar-refractivity contribution < 1.29 is 18.0 Å². The lowest BCUT2D eigenvalue weighted by atomic mass is 10.1. The van der Waals surface area contributed by atoms with Crippen molar-refractivity contribution in [3.63, 3.8) is 0 Å². The van der Waals surface area contributed by atoms with Gasteiger partial charge in [0.15, 0.2) is 0 Å². The SMILES string of the molecule is CC(=O)N1c2ccc(S(=O)(=O)N3CCCC3)cc2C[C@@H]1C(=O)NCCc1ccccc1C. The Morgan fingerprint density at radius 3 is 2.50 bits per heavy atom. The summed E-state index contributed by atoms with van der Waals surface area (Å²) in [5.74, 6) is -0.466. The maximum absolute atomic E-state index is 13.0. The smallest absolute Gasteiger partial charge is 0.243 e. The fraction of sp³-hybridized carbons (Fsp3) is 0.417. The molecular weight excluding hydrogens is 426 g/mol. The van der Waals surface area contributed by atoms with E-state index in [1.165, 1.54) is 27.3 Å². The molecule has 170 valence electrons. The van der Waals surface area contributed by atoms with Crippen LogP contribution in [0.25, 0.3) is 0 Å². The number of nitrogens with one attached hydrogen (secondary N) is 1. The third-order valence-electron chi connectivity index (χ3n) is 6.33. The largest absolute Gasteiger partial charge is 0.354 e. The first-order chi connectivity index (χ1) is 15.3. The summed E-state index contributed by atoms with van der Waals surface area (Å²) in [5, 5.41) is 2.95. The molecule has 0 bridgehead atoms. The average molecular weight is 456 g/mol. The number of hydrogen-bond acceptors (Lipinski definition) is 4. The predicted molar refractivity (Wildman–Crippen MR) is 123 cm³/mol. The molecule has 2 aromatic carbocycles. The van der Waals surface area contributed by atoms with Crippen LogP contribution >= 0.6 is 0 Å². The van der Waals surface area contributed by atoms with Gasteiger partial charge in [0, 0.05) is 38.7 Å². The van der Waals surface area contributed by atoms with Crippen LogP contribution in [0.15, 0.2) is 47.4 Å². The number of nitrogens with zero attached hydrogens (tertiary/aromatic N) is 2. The molecule has 32 heavy (non-hydrogen) atoms. The summed E-state index contributed by atoms with van der Waals surface area (Å²) in [4.78, 5) is 27.0. The van der Waals surface area contributed by atoms with Gasteiger partial charge in [0.2, 0.25) is 21.8 Å². The Morgan fingerprint density at radius 1 is 1.09 bits per heavy atom. The third-order valence-corrected chi connectivity index (χ3v) is 8.23. The molecule has 4 rings (SSSR count). The summed E-state index contributed by atoms with van der Waals surface area (Å²) >= 11 is 0. The third kappa shape index (κ3) is 4.29. The van der Waals surface area contributed by atoms with E-state index in [1.54, 1.807) is 18.2 Å². The Bertz CT molecular complexity index is 1140. The molecule has 7 nitrogen and oxygen atoms in total. The van der Waals surface area contributed by atoms with Gasteiger partial charge in [-0.1, -0.05) is 24.3 Å². The standard InChI is InChI=1S/C24H29N3O4S/c1-17-7-3-4-8-19(17)11-12-25-24(29)23-16-20-15-21(9-10-22(20)27(23)18(2)28)32(30,31)26-13-5-6-14-26/h3-4,7-10,15,23H,5-6,11-14,16H2,1-2H3,(H,25,29)/t23-/m1/s1. The molecule has 0 aromatic heterocycles. The van der Waals surface area contributed by atoms with Crippen LogP contribution in [0.1, 0.15) is 36.5 Å². The van der Waals surface area contributed by atoms with Crippen LogP contribution in [0.2, 0.25) is 0 Å². The maximum Gasteiger partial charge on any atom is 0.243 e. The number of carbonyl (C=O) groups is 2. The number of amides is 2. The molecule has 2 heterocycles. The van der Waals surface area contributed by atoms with Gasteiger partial charge in [0.05, 0.1) is 4.90 Å². The van der Waals surface area contributed by atoms with Gasteiger partial charge in [-0.2, -0.15) is 4.31 Å². The molecule has 0 saturated carbocycles. The van der Waals surface area contributed by atoms with Gasteiger partial charge >= 0.3 is 0 Å². The van der Waals surface area contributed by atoms with Crippen LogP contribution in [0.4, 0.5) is 5.69 Å². The van der Waals surface area contributed by atoms with E-state index in [4.69, 9.17) is 0 Å². The highest BCUT2D eigenvalue weighted by Crippen LogP contribution is 2.35. The maximum atomic E-state index is 13.0. The molecule has 1 atom stereocenters. The lowest BCUT2D eigenvalue weighted by Gasteiger charge is -2.23. The van der Waals surface area contributed by atoms with Crippen LogP contribution in [0.5, 0.6) is 0 Å². The second kappa shape index (κ2) is 9.03. The summed E-state index contributed by atoms with van der Waals surface area (Å²) in [6.07, 6.45) is 2.74. The Kier molecular flexibility index (Phi) is 6.35. The highest BCUT2D eigenvalue weighted by atomic mass is 32.2. The number of fused-ring (bicyclic) bond motifs is 1. The van der Waals surface area contributed by atoms with Crippen molar-refractivity contribution in [1.82, 2.24) is 9.62 Å². The second-order valence-corrected chi connectivity index (χ2v) is 10.4. The minimum Gasteiger partial charge on any atom is -0.354 e. The van der Waals surface area contributed by atoms with Gasteiger partial charge in [-0.05, 0) is 61.1 Å². The fourth-order valence-corrected chi connectivity index (χ4v) is 6.16. The van der Waals surface area contributed by atoms with Crippen LogP contribution in [-0.4, -0.2) is 50.2 Å². The molecular formula is C24H29N3O4S. The molecule has 0 spiro atoms. The molecule has 1 fully saturated rings. The van der Waals surface area contributed by atoms with Crippen molar-refractivity contribution >= 4 is 27.5 Å². The van der Waals surface area contributed by atoms with Crippen molar-refractivity contribution in [2.24, 2.45) is 0 Å². The normalized spacial score (nSPS) is 18.6. The van der Waals surface area contributed by atoms with Gasteiger partial charge in [-0.15, -0.1) is 0 Å². The highest BCUT2D eigenvalue weighted by Gasteiger charge is 2.38. The molecule has 2 aliphatic heterocycles. The van der Waals surface area contributed by atoms with Crippen LogP contribution in [0.3, 0.4) is 0 Å². The van der Waals surface area contributed by atoms with E-state index in [0.717, 1.165) is 12.8 Å². The van der Waals surface area contributed by atoms with Gasteiger partial charge in [0.1, 0.15) is 6.04 Å². The van der Waals surface area contributed by atoms with Crippen molar-refractivity contribution in [2.45, 2.75) is 50.5 Å². The molecule has 1 N–H and O–H groups in total. The number of anilines is 1. The van der Waals surface area contributed by atoms with Crippen molar-refractivity contribution in [2.75, 3.05) is 24.5 Å². The zero-order valence-corrected chi connectivity index (χ0v) is 19.3. The highest BCUT2D eigenvalue weighted by molar-refractivity contribution is 7.89. The van der Waals surface area contributed by atoms with Gasteiger partial charge < -0.3 is 5.32 Å². The second-order valence-electron chi connectivity index (χ2n) is 8.48. The van der Waals surface area contributed by atoms with Gasteiger partial charge in [-0.3, -0.25) is 14.5 Å². The topological polar surface area (TPSA) is 86.8 Å². The van der Waals surface area contributed by atoms with E-state index in [0.29, 0.717) is 43.7 Å². The summed E-state index contributed by atoms with van der Waals surface area (Å²) in [7, 11) is -3.56. The first-order valence-corrected chi connectivity index (χ1v) is 12.5. The molecule has 0 unspecified atom stereocenters. The van der Waals surface area contributed by atoms with Gasteiger partial charge in [0.25, 0.3) is 0 Å². The van der Waals surface area contributed by atoms with Gasteiger partial charge in [-0.25, -0.2) is 8.42 Å². The molecule has 2 aromatic rings. The van der Waals surface area contributed by atoms with Crippen molar-refractivity contribution in [3.05, 3.63) is 59.2 Å². The molecule has 1 saturated heterocycles. The average Bonchev–Trinajstić information content (AvgIpc) is 3.43. The van der Waals surface area contributed by atoms with E-state index in [-0.39, 0.29) is 16.7 Å². The Morgan fingerprint density at radius 2 is 1.81 bits per heavy atom. The Labute approximate surface area is 189 Å². The number of rotatable bonds is 6. The summed E-state index contributed by atoms with van der Waals surface area (Å²) < 4.78 is 27.4. The van der Waals surface area contributed by atoms with Crippen molar-refractivity contribution in [3.8, 4) is 0 Å². The number of aryl methyl sites for hydroxylation is 1. The van der Waals surface area contributed by atoms with Crippen LogP contribution in [-0.2, 0) is 32.5 Å². The predicted octanol–water partition coefficient (Wildman–Crippen LogP) is 2.42. The Balaban J connectivity index is 1.50. The molecule has 2 amide bonds. The number of hydrogen-bond donors (Lipinski definition) is 1. The molecule has 0 aliphatic carbocycles. The zero-order valence-electron chi connectivity index (χ0n) is 18.5. The molecule has 8 heteroatoms. The molecule has 0 radical (unpaired) electrons. The number of sulfonamides is 1. The number of carbonyl (C=O) groups excluding carboxylic acids is 2. The monoisotopic (exact) mass is 455 g/mol. The minimum atomic E-state index is -3.56. The summed E-state index contributed by atoms with van der Waals surface area (Å²) in [6, 6.07) is 12.2. The first-order valence-electron chi connectivity index (χ1n) is 11.0. The van der Waals surface area contributed by atoms with E-state index in [9.17, 15) is 18.0 Å². The number of benzene rings is 2. The quantitative estimate of drug-likeness (QED) is 0.725. The van der Waals surface area contributed by atoms with E-state index >= 15 is 0 Å². The lowest BCUT2D eigenvalue weighted by Crippen LogP contribution is -2.47. The summed E-state index contributed by atoms with van der Waals surface area (Å²) in [6.45, 7) is 5.00. The van der Waals surface area contributed by atoms with Crippen LogP contribution < -0.4 is 10.2 Å². The first kappa shape index (κ1) is 22.5. The zero-order chi connectivity index (χ0) is 22.9. The van der Waals surface area contributed by atoms with E-state index in [1.807, 2.05) is 31.2 Å². The summed E-state index contributed by atoms with van der Waals surface area (Å²) in [5.41, 5.74) is 3.66. The van der Waals surface area contributed by atoms with E-state index < -0.39 is 16.1 Å². The fourth-order valence-electron chi connectivity index (χ4n) is 4.59. The molecule has 2 aliphatic rings. The van der Waals surface area contributed by atoms with E-state index in [2.05, 4.69) is 5.32 Å². The van der Waals surface area contributed by atoms with Crippen molar-refractivity contribution in [1.29, 1.82) is 0 Å². The Hall–Kier alpha value is -2.71.